The van der Waals surface area contributed by atoms with Gasteiger partial charge >= 0.3 is 0 Å². The second-order valence-corrected chi connectivity index (χ2v) is 5.14. The standard InChI is InChI=1S/C14H28N2O/c1-6-16(7-2)14(3,4)13(15-5)12-10-8-9-11-17-12/h10,13,15H,6-9,11H2,1-5H3. The molecular formula is C14H28N2O. The van der Waals surface area contributed by atoms with E-state index in [4.69, 9.17) is 4.74 Å². The summed E-state index contributed by atoms with van der Waals surface area (Å²) < 4.78 is 5.83. The van der Waals surface area contributed by atoms with E-state index in [0.29, 0.717) is 0 Å². The number of nitrogens with zero attached hydrogens (tertiary/aromatic N) is 1. The maximum Gasteiger partial charge on any atom is 0.111 e. The molecule has 1 unspecified atom stereocenters. The van der Waals surface area contributed by atoms with Gasteiger partial charge in [-0.2, -0.15) is 0 Å². The van der Waals surface area contributed by atoms with Crippen molar-refractivity contribution in [1.29, 1.82) is 0 Å². The molecule has 1 rings (SSSR count). The summed E-state index contributed by atoms with van der Waals surface area (Å²) in [4.78, 5) is 2.48. The van der Waals surface area contributed by atoms with Crippen LogP contribution in [0.2, 0.25) is 0 Å². The number of ether oxygens (including phenoxy) is 1. The van der Waals surface area contributed by atoms with Crippen LogP contribution in [-0.4, -0.2) is 43.2 Å². The summed E-state index contributed by atoms with van der Waals surface area (Å²) >= 11 is 0. The first-order valence-corrected chi connectivity index (χ1v) is 6.83. The largest absolute Gasteiger partial charge is 0.497 e. The number of hydrogen-bond donors (Lipinski definition) is 1. The van der Waals surface area contributed by atoms with E-state index in [2.05, 4.69) is 44.0 Å². The average Bonchev–Trinajstić information content (AvgIpc) is 2.32. The zero-order valence-corrected chi connectivity index (χ0v) is 12.0. The highest BCUT2D eigenvalue weighted by atomic mass is 16.5. The summed E-state index contributed by atoms with van der Waals surface area (Å²) in [6, 6.07) is 0.266. The molecule has 1 N–H and O–H groups in total. The topological polar surface area (TPSA) is 24.5 Å². The van der Waals surface area contributed by atoms with Crippen molar-refractivity contribution in [2.45, 2.75) is 52.1 Å². The van der Waals surface area contributed by atoms with Gasteiger partial charge in [-0.3, -0.25) is 4.90 Å². The average molecular weight is 240 g/mol. The summed E-state index contributed by atoms with van der Waals surface area (Å²) in [6.45, 7) is 12.0. The van der Waals surface area contributed by atoms with E-state index in [0.717, 1.165) is 38.3 Å². The molecule has 17 heavy (non-hydrogen) atoms. The van der Waals surface area contributed by atoms with Crippen LogP contribution in [0.25, 0.3) is 0 Å². The first kappa shape index (κ1) is 14.5. The number of likely N-dealkylation sites (N-methyl/N-ethyl adjacent to an activating group) is 2. The molecule has 3 nitrogen and oxygen atoms in total. The van der Waals surface area contributed by atoms with Gasteiger partial charge in [-0.15, -0.1) is 0 Å². The van der Waals surface area contributed by atoms with E-state index in [-0.39, 0.29) is 11.6 Å². The lowest BCUT2D eigenvalue weighted by atomic mass is 9.89. The van der Waals surface area contributed by atoms with Gasteiger partial charge in [0.2, 0.25) is 0 Å². The fraction of sp³-hybridized carbons (Fsp3) is 0.857. The lowest BCUT2D eigenvalue weighted by molar-refractivity contribution is 0.0677. The van der Waals surface area contributed by atoms with Crippen molar-refractivity contribution in [3.63, 3.8) is 0 Å². The Balaban J connectivity index is 2.87. The van der Waals surface area contributed by atoms with Crippen LogP contribution in [0.15, 0.2) is 11.8 Å². The summed E-state index contributed by atoms with van der Waals surface area (Å²) in [5.74, 6) is 1.12. The molecule has 1 aliphatic rings. The SMILES string of the molecule is CCN(CC)C(C)(C)C(NC)C1=CCCCO1. The molecule has 0 aromatic carbocycles. The lowest BCUT2D eigenvalue weighted by Gasteiger charge is -2.44. The molecule has 0 amide bonds. The van der Waals surface area contributed by atoms with Crippen LogP contribution in [-0.2, 0) is 4.74 Å². The quantitative estimate of drug-likeness (QED) is 0.771. The number of nitrogens with one attached hydrogen (secondary N) is 1. The molecule has 1 heterocycles. The van der Waals surface area contributed by atoms with Gasteiger partial charge in [-0.05, 0) is 52.9 Å². The van der Waals surface area contributed by atoms with Crippen LogP contribution in [0.3, 0.4) is 0 Å². The minimum atomic E-state index is 0.0709. The fourth-order valence-electron chi connectivity index (χ4n) is 2.84. The van der Waals surface area contributed by atoms with E-state index >= 15 is 0 Å². The van der Waals surface area contributed by atoms with Crippen LogP contribution >= 0.6 is 0 Å². The van der Waals surface area contributed by atoms with Gasteiger partial charge in [0.15, 0.2) is 0 Å². The summed E-state index contributed by atoms with van der Waals surface area (Å²) in [5.41, 5.74) is 0.0709. The first-order chi connectivity index (χ1) is 8.07. The van der Waals surface area contributed by atoms with E-state index in [9.17, 15) is 0 Å². The molecule has 100 valence electrons. The van der Waals surface area contributed by atoms with Crippen LogP contribution in [0.5, 0.6) is 0 Å². The Bertz CT molecular complexity index is 257. The third-order valence-corrected chi connectivity index (χ3v) is 3.82. The van der Waals surface area contributed by atoms with Crippen LogP contribution in [0, 0.1) is 0 Å². The molecule has 0 saturated heterocycles. The predicted octanol–water partition coefficient (Wildman–Crippen LogP) is 2.39. The first-order valence-electron chi connectivity index (χ1n) is 6.83. The van der Waals surface area contributed by atoms with Gasteiger partial charge in [0, 0.05) is 5.54 Å². The van der Waals surface area contributed by atoms with E-state index in [1.807, 2.05) is 7.05 Å². The molecule has 1 atom stereocenters. The van der Waals surface area contributed by atoms with Gasteiger partial charge < -0.3 is 10.1 Å². The molecule has 0 aromatic rings. The predicted molar refractivity (Wildman–Crippen MR) is 73.1 cm³/mol. The summed E-state index contributed by atoms with van der Waals surface area (Å²) in [7, 11) is 2.02. The molecule has 0 spiro atoms. The zero-order chi connectivity index (χ0) is 12.9. The van der Waals surface area contributed by atoms with Crippen molar-refractivity contribution < 1.29 is 4.74 Å². The molecule has 0 radical (unpaired) electrons. The van der Waals surface area contributed by atoms with Crippen LogP contribution in [0.4, 0.5) is 0 Å². The minimum Gasteiger partial charge on any atom is -0.497 e. The van der Waals surface area contributed by atoms with Crippen LogP contribution < -0.4 is 5.32 Å². The Morgan fingerprint density at radius 3 is 2.47 bits per heavy atom. The zero-order valence-electron chi connectivity index (χ0n) is 12.0. The van der Waals surface area contributed by atoms with Gasteiger partial charge in [0.05, 0.1) is 12.6 Å². The second-order valence-electron chi connectivity index (χ2n) is 5.14. The highest BCUT2D eigenvalue weighted by molar-refractivity contribution is 5.13. The Kier molecular flexibility index (Phi) is 5.47. The highest BCUT2D eigenvalue weighted by Gasteiger charge is 2.36. The minimum absolute atomic E-state index is 0.0709. The number of allylic oxidation sites excluding steroid dienone is 1. The maximum atomic E-state index is 5.83. The maximum absolute atomic E-state index is 5.83. The normalized spacial score (nSPS) is 18.8. The van der Waals surface area contributed by atoms with Crippen molar-refractivity contribution in [3.05, 3.63) is 11.8 Å². The van der Waals surface area contributed by atoms with Gasteiger partial charge in [0.25, 0.3) is 0 Å². The van der Waals surface area contributed by atoms with Crippen molar-refractivity contribution >= 4 is 0 Å². The van der Waals surface area contributed by atoms with E-state index in [1.54, 1.807) is 0 Å². The van der Waals surface area contributed by atoms with Gasteiger partial charge in [-0.25, -0.2) is 0 Å². The third-order valence-electron chi connectivity index (χ3n) is 3.82. The lowest BCUT2D eigenvalue weighted by Crippen LogP contribution is -2.58. The molecular weight excluding hydrogens is 212 g/mol. The molecule has 0 bridgehead atoms. The molecule has 0 aliphatic carbocycles. The highest BCUT2D eigenvalue weighted by Crippen LogP contribution is 2.26. The van der Waals surface area contributed by atoms with E-state index < -0.39 is 0 Å². The summed E-state index contributed by atoms with van der Waals surface area (Å²) in [5, 5.41) is 3.43. The number of rotatable bonds is 6. The van der Waals surface area contributed by atoms with E-state index in [1.165, 1.54) is 0 Å². The van der Waals surface area contributed by atoms with Crippen LogP contribution in [0.1, 0.15) is 40.5 Å². The Morgan fingerprint density at radius 2 is 2.06 bits per heavy atom. The monoisotopic (exact) mass is 240 g/mol. The molecule has 0 fully saturated rings. The Hall–Kier alpha value is -0.540. The fourth-order valence-corrected chi connectivity index (χ4v) is 2.84. The Labute approximate surface area is 106 Å². The molecule has 3 heteroatoms. The van der Waals surface area contributed by atoms with Gasteiger partial charge in [0.1, 0.15) is 5.76 Å². The smallest absolute Gasteiger partial charge is 0.111 e. The second kappa shape index (κ2) is 6.41. The van der Waals surface area contributed by atoms with Crippen molar-refractivity contribution in [1.82, 2.24) is 10.2 Å². The Morgan fingerprint density at radius 1 is 1.41 bits per heavy atom. The van der Waals surface area contributed by atoms with Crippen molar-refractivity contribution in [3.8, 4) is 0 Å². The molecule has 0 saturated carbocycles. The van der Waals surface area contributed by atoms with Crippen molar-refractivity contribution in [2.75, 3.05) is 26.7 Å². The van der Waals surface area contributed by atoms with Crippen molar-refractivity contribution in [2.24, 2.45) is 0 Å². The van der Waals surface area contributed by atoms with Gasteiger partial charge in [-0.1, -0.05) is 13.8 Å². The summed E-state index contributed by atoms with van der Waals surface area (Å²) in [6.07, 6.45) is 4.53. The molecule has 0 aromatic heterocycles. The number of hydrogen-bond acceptors (Lipinski definition) is 3. The molecule has 1 aliphatic heterocycles. The third kappa shape index (κ3) is 3.23.